The van der Waals surface area contributed by atoms with Crippen molar-refractivity contribution < 1.29 is 9.53 Å². The van der Waals surface area contributed by atoms with E-state index < -0.39 is 0 Å². The van der Waals surface area contributed by atoms with E-state index in [1.54, 1.807) is 19.2 Å². The predicted octanol–water partition coefficient (Wildman–Crippen LogP) is 2.11. The van der Waals surface area contributed by atoms with Gasteiger partial charge in [-0.1, -0.05) is 19.9 Å². The third-order valence-electron chi connectivity index (χ3n) is 2.97. The molecule has 1 atom stereocenters. The van der Waals surface area contributed by atoms with Crippen molar-refractivity contribution in [1.29, 1.82) is 0 Å². The van der Waals surface area contributed by atoms with E-state index in [2.05, 4.69) is 19.2 Å². The number of carbonyl (C=O) groups excluding carboxylic acids is 1. The summed E-state index contributed by atoms with van der Waals surface area (Å²) in [6.45, 7) is 6.67. The average molecular weight is 264 g/mol. The number of aryl methyl sites for hydroxylation is 1. The van der Waals surface area contributed by atoms with Gasteiger partial charge < -0.3 is 15.8 Å². The van der Waals surface area contributed by atoms with E-state index in [-0.39, 0.29) is 11.9 Å². The second-order valence-electron chi connectivity index (χ2n) is 5.28. The largest absolute Gasteiger partial charge is 0.496 e. The number of ether oxygens (including phenoxy) is 1. The highest BCUT2D eigenvalue weighted by atomic mass is 16.5. The zero-order chi connectivity index (χ0) is 14.4. The lowest BCUT2D eigenvalue weighted by atomic mass is 10.0. The molecule has 0 fully saturated rings. The van der Waals surface area contributed by atoms with Gasteiger partial charge in [0.15, 0.2) is 0 Å². The lowest BCUT2D eigenvalue weighted by Gasteiger charge is -2.15. The van der Waals surface area contributed by atoms with E-state index in [1.165, 1.54) is 0 Å². The number of rotatable bonds is 6. The predicted molar refractivity (Wildman–Crippen MR) is 77.5 cm³/mol. The van der Waals surface area contributed by atoms with Crippen LogP contribution in [0.5, 0.6) is 5.75 Å². The summed E-state index contributed by atoms with van der Waals surface area (Å²) in [5, 5.41) is 2.86. The number of hydrogen-bond acceptors (Lipinski definition) is 3. The lowest BCUT2D eigenvalue weighted by Crippen LogP contribution is -2.38. The van der Waals surface area contributed by atoms with Gasteiger partial charge >= 0.3 is 0 Å². The van der Waals surface area contributed by atoms with Crippen LogP contribution in [0, 0.1) is 12.8 Å². The van der Waals surface area contributed by atoms with Crippen molar-refractivity contribution in [1.82, 2.24) is 5.32 Å². The van der Waals surface area contributed by atoms with E-state index >= 15 is 0 Å². The van der Waals surface area contributed by atoms with Gasteiger partial charge in [0.05, 0.1) is 7.11 Å². The number of amides is 1. The molecule has 0 heterocycles. The summed E-state index contributed by atoms with van der Waals surface area (Å²) in [4.78, 5) is 12.0. The Balaban J connectivity index is 2.58. The van der Waals surface area contributed by atoms with Crippen molar-refractivity contribution >= 4 is 5.91 Å². The van der Waals surface area contributed by atoms with Crippen LogP contribution in [0.2, 0.25) is 0 Å². The van der Waals surface area contributed by atoms with Gasteiger partial charge in [-0.15, -0.1) is 0 Å². The first-order chi connectivity index (χ1) is 8.93. The van der Waals surface area contributed by atoms with Crippen LogP contribution in [0.15, 0.2) is 18.2 Å². The molecule has 3 N–H and O–H groups in total. The Morgan fingerprint density at radius 2 is 2.11 bits per heavy atom. The molecule has 1 aromatic carbocycles. The van der Waals surface area contributed by atoms with E-state index in [0.29, 0.717) is 18.0 Å². The van der Waals surface area contributed by atoms with Crippen molar-refractivity contribution in [3.05, 3.63) is 29.3 Å². The minimum absolute atomic E-state index is 0.00343. The van der Waals surface area contributed by atoms with Crippen LogP contribution in [0.25, 0.3) is 0 Å². The van der Waals surface area contributed by atoms with Gasteiger partial charge in [0, 0.05) is 18.2 Å². The second kappa shape index (κ2) is 7.14. The summed E-state index contributed by atoms with van der Waals surface area (Å²) in [6, 6.07) is 5.41. The van der Waals surface area contributed by atoms with Gasteiger partial charge in [-0.25, -0.2) is 0 Å². The van der Waals surface area contributed by atoms with E-state index in [0.717, 1.165) is 17.7 Å². The fraction of sp³-hybridized carbons (Fsp3) is 0.533. The molecule has 106 valence electrons. The number of carbonyl (C=O) groups is 1. The zero-order valence-corrected chi connectivity index (χ0v) is 12.2. The lowest BCUT2D eigenvalue weighted by molar-refractivity contribution is 0.0949. The van der Waals surface area contributed by atoms with E-state index in [1.807, 2.05) is 13.0 Å². The molecule has 0 radical (unpaired) electrons. The maximum absolute atomic E-state index is 12.0. The molecule has 0 aliphatic heterocycles. The molecule has 4 heteroatoms. The molecule has 0 bridgehead atoms. The molecule has 1 amide bonds. The minimum Gasteiger partial charge on any atom is -0.496 e. The van der Waals surface area contributed by atoms with Crippen LogP contribution in [-0.2, 0) is 0 Å². The Morgan fingerprint density at radius 1 is 1.42 bits per heavy atom. The average Bonchev–Trinajstić information content (AvgIpc) is 2.35. The summed E-state index contributed by atoms with van der Waals surface area (Å²) in [6.07, 6.45) is 0.900. The molecule has 1 unspecified atom stereocenters. The third-order valence-corrected chi connectivity index (χ3v) is 2.97. The van der Waals surface area contributed by atoms with Gasteiger partial charge in [-0.3, -0.25) is 4.79 Å². The molecule has 1 aromatic rings. The molecule has 0 aliphatic rings. The first-order valence-electron chi connectivity index (χ1n) is 6.62. The normalized spacial score (nSPS) is 12.3. The Kier molecular flexibility index (Phi) is 5.83. The minimum atomic E-state index is -0.113. The first kappa shape index (κ1) is 15.5. The fourth-order valence-electron chi connectivity index (χ4n) is 1.98. The number of benzene rings is 1. The Hall–Kier alpha value is -1.55. The molecule has 0 saturated carbocycles. The SMILES string of the molecule is COc1cc(C(=O)NCC(N)CC(C)C)ccc1C. The maximum Gasteiger partial charge on any atom is 0.251 e. The number of nitrogens with two attached hydrogens (primary N) is 1. The van der Waals surface area contributed by atoms with Crippen molar-refractivity contribution in [2.45, 2.75) is 33.2 Å². The van der Waals surface area contributed by atoms with Crippen LogP contribution in [-0.4, -0.2) is 25.6 Å². The zero-order valence-electron chi connectivity index (χ0n) is 12.2. The van der Waals surface area contributed by atoms with Crippen LogP contribution < -0.4 is 15.8 Å². The van der Waals surface area contributed by atoms with Crippen molar-refractivity contribution in [3.8, 4) is 5.75 Å². The molecule has 1 rings (SSSR count). The quantitative estimate of drug-likeness (QED) is 0.827. The summed E-state index contributed by atoms with van der Waals surface area (Å²) in [5.41, 5.74) is 7.55. The van der Waals surface area contributed by atoms with Crippen molar-refractivity contribution in [3.63, 3.8) is 0 Å². The van der Waals surface area contributed by atoms with Gasteiger partial charge in [0.25, 0.3) is 5.91 Å². The van der Waals surface area contributed by atoms with Crippen LogP contribution in [0.1, 0.15) is 36.2 Å². The van der Waals surface area contributed by atoms with Gasteiger partial charge in [-0.2, -0.15) is 0 Å². The van der Waals surface area contributed by atoms with Crippen LogP contribution >= 0.6 is 0 Å². The van der Waals surface area contributed by atoms with Crippen LogP contribution in [0.4, 0.5) is 0 Å². The molecule has 0 spiro atoms. The third kappa shape index (κ3) is 4.91. The number of hydrogen-bond donors (Lipinski definition) is 2. The molecular weight excluding hydrogens is 240 g/mol. The van der Waals surface area contributed by atoms with Gasteiger partial charge in [0.2, 0.25) is 0 Å². The Morgan fingerprint density at radius 3 is 2.68 bits per heavy atom. The van der Waals surface area contributed by atoms with Crippen molar-refractivity contribution in [2.24, 2.45) is 11.7 Å². The molecule has 19 heavy (non-hydrogen) atoms. The number of methoxy groups -OCH3 is 1. The summed E-state index contributed by atoms with van der Waals surface area (Å²) in [5.74, 6) is 1.14. The van der Waals surface area contributed by atoms with E-state index in [4.69, 9.17) is 10.5 Å². The number of nitrogens with one attached hydrogen (secondary N) is 1. The molecule has 0 aliphatic carbocycles. The maximum atomic E-state index is 12.0. The van der Waals surface area contributed by atoms with Gasteiger partial charge in [-0.05, 0) is 37.0 Å². The highest BCUT2D eigenvalue weighted by molar-refractivity contribution is 5.94. The summed E-state index contributed by atoms with van der Waals surface area (Å²) < 4.78 is 5.21. The Labute approximate surface area is 115 Å². The Bertz CT molecular complexity index is 430. The van der Waals surface area contributed by atoms with Crippen LogP contribution in [0.3, 0.4) is 0 Å². The monoisotopic (exact) mass is 264 g/mol. The van der Waals surface area contributed by atoms with Crippen molar-refractivity contribution in [2.75, 3.05) is 13.7 Å². The first-order valence-corrected chi connectivity index (χ1v) is 6.62. The molecule has 0 aromatic heterocycles. The topological polar surface area (TPSA) is 64.3 Å². The highest BCUT2D eigenvalue weighted by Gasteiger charge is 2.11. The summed E-state index contributed by atoms with van der Waals surface area (Å²) in [7, 11) is 1.60. The molecule has 4 nitrogen and oxygen atoms in total. The molecular formula is C15H24N2O2. The fourth-order valence-corrected chi connectivity index (χ4v) is 1.98. The van der Waals surface area contributed by atoms with Gasteiger partial charge in [0.1, 0.15) is 5.75 Å². The second-order valence-corrected chi connectivity index (χ2v) is 5.28. The standard InChI is InChI=1S/C15H24N2O2/c1-10(2)7-13(16)9-17-15(18)12-6-5-11(3)14(8-12)19-4/h5-6,8,10,13H,7,9,16H2,1-4H3,(H,17,18). The highest BCUT2D eigenvalue weighted by Crippen LogP contribution is 2.18. The summed E-state index contributed by atoms with van der Waals surface area (Å²) >= 11 is 0. The van der Waals surface area contributed by atoms with E-state index in [9.17, 15) is 4.79 Å². The molecule has 0 saturated heterocycles. The smallest absolute Gasteiger partial charge is 0.251 e.